The number of nitrogens with one attached hydrogen (secondary N) is 1. The fraction of sp³-hybridized carbons (Fsp3) is 0.643. The molecule has 1 heterocycles. The number of hydrazine groups is 1. The molecule has 114 valence electrons. The second-order valence-electron chi connectivity index (χ2n) is 5.11. The van der Waals surface area contributed by atoms with Crippen LogP contribution in [0.15, 0.2) is 12.3 Å². The smallest absolute Gasteiger partial charge is 0.128 e. The van der Waals surface area contributed by atoms with Gasteiger partial charge in [-0.05, 0) is 32.5 Å². The zero-order valence-corrected chi connectivity index (χ0v) is 13.5. The van der Waals surface area contributed by atoms with Gasteiger partial charge in [-0.2, -0.15) is 0 Å². The van der Waals surface area contributed by atoms with Crippen molar-refractivity contribution in [1.29, 1.82) is 0 Å². The van der Waals surface area contributed by atoms with Gasteiger partial charge in [-0.3, -0.25) is 16.2 Å². The fourth-order valence-electron chi connectivity index (χ4n) is 2.86. The van der Waals surface area contributed by atoms with E-state index >= 15 is 0 Å². The lowest BCUT2D eigenvalue weighted by atomic mass is 9.83. The molecule has 2 atom stereocenters. The number of pyridine rings is 1. The molecule has 5 nitrogen and oxygen atoms in total. The molecule has 0 bridgehead atoms. The summed E-state index contributed by atoms with van der Waals surface area (Å²) in [5, 5.41) is 0.562. The Hall–Kier alpha value is -0.880. The van der Waals surface area contributed by atoms with Crippen molar-refractivity contribution in [3.63, 3.8) is 0 Å². The highest BCUT2D eigenvalue weighted by Crippen LogP contribution is 2.36. The lowest BCUT2D eigenvalue weighted by molar-refractivity contribution is 0.0700. The van der Waals surface area contributed by atoms with Crippen LogP contribution >= 0.6 is 11.6 Å². The van der Waals surface area contributed by atoms with Crippen LogP contribution in [0.3, 0.4) is 0 Å². The monoisotopic (exact) mass is 299 g/mol. The van der Waals surface area contributed by atoms with Crippen molar-refractivity contribution in [2.75, 3.05) is 18.8 Å². The Morgan fingerprint density at radius 3 is 2.45 bits per heavy atom. The van der Waals surface area contributed by atoms with Crippen LogP contribution in [0.4, 0.5) is 5.82 Å². The molecule has 0 aliphatic heterocycles. The van der Waals surface area contributed by atoms with E-state index in [1.807, 2.05) is 6.07 Å². The summed E-state index contributed by atoms with van der Waals surface area (Å²) in [5.74, 6) is 6.29. The largest absolute Gasteiger partial charge is 0.383 e. The first-order valence-electron chi connectivity index (χ1n) is 7.06. The van der Waals surface area contributed by atoms with Crippen molar-refractivity contribution >= 4 is 17.4 Å². The van der Waals surface area contributed by atoms with Crippen LogP contribution in [0.25, 0.3) is 0 Å². The molecule has 20 heavy (non-hydrogen) atoms. The molecule has 1 aromatic rings. The van der Waals surface area contributed by atoms with E-state index in [9.17, 15) is 0 Å². The van der Waals surface area contributed by atoms with Crippen molar-refractivity contribution in [1.82, 2.24) is 15.3 Å². The number of aromatic nitrogens is 1. The zero-order valence-electron chi connectivity index (χ0n) is 12.8. The summed E-state index contributed by atoms with van der Waals surface area (Å²) < 4.78 is 0. The van der Waals surface area contributed by atoms with Crippen LogP contribution in [0, 0.1) is 0 Å². The fourth-order valence-corrected chi connectivity index (χ4v) is 3.02. The molecule has 2 unspecified atom stereocenters. The summed E-state index contributed by atoms with van der Waals surface area (Å²) in [6.45, 7) is 10.5. The van der Waals surface area contributed by atoms with Crippen molar-refractivity contribution in [3.8, 4) is 0 Å². The van der Waals surface area contributed by atoms with Gasteiger partial charge in [0, 0.05) is 17.3 Å². The Labute approximate surface area is 126 Å². The van der Waals surface area contributed by atoms with Crippen LogP contribution in [0.2, 0.25) is 5.02 Å². The molecule has 1 rings (SSSR count). The molecule has 5 N–H and O–H groups in total. The number of nitrogen functional groups attached to an aromatic ring is 1. The van der Waals surface area contributed by atoms with Crippen LogP contribution in [0.5, 0.6) is 0 Å². The first-order valence-corrected chi connectivity index (χ1v) is 7.44. The van der Waals surface area contributed by atoms with Gasteiger partial charge in [0.05, 0.1) is 11.1 Å². The second kappa shape index (κ2) is 7.22. The van der Waals surface area contributed by atoms with Gasteiger partial charge in [0.1, 0.15) is 5.82 Å². The number of hydrogen-bond acceptors (Lipinski definition) is 5. The van der Waals surface area contributed by atoms with E-state index < -0.39 is 0 Å². The van der Waals surface area contributed by atoms with E-state index in [1.54, 1.807) is 6.20 Å². The quantitative estimate of drug-likeness (QED) is 0.532. The maximum absolute atomic E-state index is 6.06. The maximum atomic E-state index is 6.06. The van der Waals surface area contributed by atoms with Crippen molar-refractivity contribution in [2.24, 2.45) is 5.84 Å². The molecule has 0 aromatic carbocycles. The molecule has 0 saturated carbocycles. The third kappa shape index (κ3) is 3.23. The third-order valence-electron chi connectivity index (χ3n) is 4.22. The average Bonchev–Trinajstić information content (AvgIpc) is 2.44. The maximum Gasteiger partial charge on any atom is 0.128 e. The number of nitrogens with zero attached hydrogens (tertiary/aromatic N) is 2. The SMILES string of the molecule is CCN(CC)C(C)(CC)C(NN)c1cc(Cl)cnc1N. The molecule has 0 saturated heterocycles. The van der Waals surface area contributed by atoms with E-state index in [-0.39, 0.29) is 11.6 Å². The van der Waals surface area contributed by atoms with Crippen LogP contribution in [-0.2, 0) is 0 Å². The molecule has 0 radical (unpaired) electrons. The van der Waals surface area contributed by atoms with Gasteiger partial charge in [-0.1, -0.05) is 32.4 Å². The van der Waals surface area contributed by atoms with Gasteiger partial charge in [0.25, 0.3) is 0 Å². The van der Waals surface area contributed by atoms with Gasteiger partial charge < -0.3 is 5.73 Å². The number of nitrogens with two attached hydrogens (primary N) is 2. The molecule has 0 spiro atoms. The molecule has 0 amide bonds. The van der Waals surface area contributed by atoms with Gasteiger partial charge in [0.15, 0.2) is 0 Å². The molecule has 1 aromatic heterocycles. The summed E-state index contributed by atoms with van der Waals surface area (Å²) in [7, 11) is 0. The molecular formula is C14H26ClN5. The first kappa shape index (κ1) is 17.2. The first-order chi connectivity index (χ1) is 9.44. The zero-order chi connectivity index (χ0) is 15.3. The third-order valence-corrected chi connectivity index (χ3v) is 4.42. The Kier molecular flexibility index (Phi) is 6.20. The van der Waals surface area contributed by atoms with Crippen molar-refractivity contribution in [3.05, 3.63) is 22.8 Å². The van der Waals surface area contributed by atoms with Gasteiger partial charge in [-0.25, -0.2) is 4.98 Å². The van der Waals surface area contributed by atoms with E-state index in [2.05, 4.69) is 43.0 Å². The van der Waals surface area contributed by atoms with Crippen molar-refractivity contribution in [2.45, 2.75) is 45.7 Å². The molecule has 0 aliphatic carbocycles. The summed E-state index contributed by atoms with van der Waals surface area (Å²) in [6.07, 6.45) is 2.48. The highest BCUT2D eigenvalue weighted by atomic mass is 35.5. The summed E-state index contributed by atoms with van der Waals surface area (Å²) in [4.78, 5) is 6.51. The molecule has 0 aliphatic rings. The minimum atomic E-state index is -0.168. The van der Waals surface area contributed by atoms with Crippen LogP contribution < -0.4 is 17.0 Å². The number of halogens is 1. The highest BCUT2D eigenvalue weighted by Gasteiger charge is 2.38. The van der Waals surface area contributed by atoms with E-state index in [1.165, 1.54) is 0 Å². The lowest BCUT2D eigenvalue weighted by Crippen LogP contribution is -2.55. The number of likely N-dealkylation sites (N-methyl/N-ethyl adjacent to an activating group) is 1. The normalized spacial score (nSPS) is 16.1. The van der Waals surface area contributed by atoms with E-state index in [4.69, 9.17) is 23.2 Å². The van der Waals surface area contributed by atoms with E-state index in [0.29, 0.717) is 10.8 Å². The summed E-state index contributed by atoms with van der Waals surface area (Å²) in [5.41, 5.74) is 9.60. The lowest BCUT2D eigenvalue weighted by Gasteiger charge is -2.45. The van der Waals surface area contributed by atoms with Crippen LogP contribution in [-0.4, -0.2) is 28.5 Å². The van der Waals surface area contributed by atoms with Gasteiger partial charge in [-0.15, -0.1) is 0 Å². The summed E-state index contributed by atoms with van der Waals surface area (Å²) in [6, 6.07) is 1.70. The van der Waals surface area contributed by atoms with Gasteiger partial charge >= 0.3 is 0 Å². The predicted octanol–water partition coefficient (Wildman–Crippen LogP) is 2.33. The Morgan fingerprint density at radius 2 is 2.00 bits per heavy atom. The van der Waals surface area contributed by atoms with E-state index in [0.717, 1.165) is 25.1 Å². The molecule has 0 fully saturated rings. The highest BCUT2D eigenvalue weighted by molar-refractivity contribution is 6.30. The van der Waals surface area contributed by atoms with Gasteiger partial charge in [0.2, 0.25) is 0 Å². The minimum Gasteiger partial charge on any atom is -0.383 e. The minimum absolute atomic E-state index is 0.140. The average molecular weight is 300 g/mol. The second-order valence-corrected chi connectivity index (χ2v) is 5.55. The summed E-state index contributed by atoms with van der Waals surface area (Å²) >= 11 is 6.06. The Morgan fingerprint density at radius 1 is 1.40 bits per heavy atom. The standard InChI is InChI=1S/C14H26ClN5/c1-5-14(4,20(6-2)7-3)12(19-17)11-8-10(15)9-18-13(11)16/h8-9,12,19H,5-7,17H2,1-4H3,(H2,16,18). The Balaban J connectivity index is 3.31. The topological polar surface area (TPSA) is 80.2 Å². The number of anilines is 1. The van der Waals surface area contributed by atoms with Crippen LogP contribution in [0.1, 0.15) is 45.7 Å². The van der Waals surface area contributed by atoms with Crippen molar-refractivity contribution < 1.29 is 0 Å². The molecular weight excluding hydrogens is 274 g/mol. The number of rotatable bonds is 7. The molecule has 6 heteroatoms. The predicted molar refractivity (Wildman–Crippen MR) is 85.3 cm³/mol. The Bertz CT molecular complexity index is 436. The number of hydrogen-bond donors (Lipinski definition) is 3.